The summed E-state index contributed by atoms with van der Waals surface area (Å²) in [6.45, 7) is 16.0. The van der Waals surface area contributed by atoms with Crippen LogP contribution in [-0.2, 0) is 18.3 Å². The zero-order valence-corrected chi connectivity index (χ0v) is 38.2. The number of hydrogen-bond donors (Lipinski definition) is 0. The highest BCUT2D eigenvalue weighted by molar-refractivity contribution is 6.29. The van der Waals surface area contributed by atoms with Crippen molar-refractivity contribution in [1.29, 1.82) is 0 Å². The molecular formula is C62H56N2. The third-order valence-electron chi connectivity index (χ3n) is 13.3. The number of anilines is 6. The Morgan fingerprint density at radius 1 is 0.375 bits per heavy atom. The Kier molecular flexibility index (Phi) is 10.6. The van der Waals surface area contributed by atoms with Gasteiger partial charge in [0.05, 0.1) is 11.4 Å². The fourth-order valence-corrected chi connectivity index (χ4v) is 9.65. The molecule has 64 heavy (non-hydrogen) atoms. The molecule has 0 unspecified atom stereocenters. The first-order valence-corrected chi connectivity index (χ1v) is 23.0. The molecule has 0 N–H and O–H groups in total. The van der Waals surface area contributed by atoms with E-state index in [0.29, 0.717) is 0 Å². The predicted octanol–water partition coefficient (Wildman–Crippen LogP) is 17.9. The smallest absolute Gasteiger partial charge is 0.0561 e. The van der Waals surface area contributed by atoms with E-state index in [-0.39, 0.29) is 5.41 Å². The molecule has 2 heteroatoms. The molecule has 0 aromatic heterocycles. The van der Waals surface area contributed by atoms with Crippen LogP contribution in [0.1, 0.15) is 62.4 Å². The van der Waals surface area contributed by atoms with Crippen molar-refractivity contribution in [3.05, 3.63) is 216 Å². The van der Waals surface area contributed by atoms with E-state index in [4.69, 9.17) is 0 Å². The third-order valence-corrected chi connectivity index (χ3v) is 13.3. The van der Waals surface area contributed by atoms with Crippen LogP contribution in [0.4, 0.5) is 34.1 Å². The molecule has 0 aliphatic heterocycles. The van der Waals surface area contributed by atoms with E-state index in [1.807, 2.05) is 0 Å². The molecule has 0 bridgehead atoms. The van der Waals surface area contributed by atoms with Crippen molar-refractivity contribution < 1.29 is 0 Å². The fourth-order valence-electron chi connectivity index (χ4n) is 9.65. The van der Waals surface area contributed by atoms with Gasteiger partial charge in [-0.05, 0) is 141 Å². The van der Waals surface area contributed by atoms with Crippen LogP contribution in [0.25, 0.3) is 54.6 Å². The van der Waals surface area contributed by atoms with E-state index in [1.165, 1.54) is 82.4 Å². The lowest BCUT2D eigenvalue weighted by Gasteiger charge is -2.34. The van der Waals surface area contributed by atoms with Crippen molar-refractivity contribution in [2.45, 2.75) is 66.7 Å². The van der Waals surface area contributed by atoms with Crippen LogP contribution in [0.2, 0.25) is 0 Å². The van der Waals surface area contributed by atoms with Gasteiger partial charge in [0.2, 0.25) is 0 Å². The van der Waals surface area contributed by atoms with E-state index in [2.05, 4.69) is 246 Å². The lowest BCUT2D eigenvalue weighted by Crippen LogP contribution is -2.16. The average Bonchev–Trinajstić information content (AvgIpc) is 3.32. The van der Waals surface area contributed by atoms with Crippen molar-refractivity contribution in [3.63, 3.8) is 0 Å². The fraction of sp³-hybridized carbons (Fsp3) is 0.161. The molecule has 0 radical (unpaired) electrons. The van der Waals surface area contributed by atoms with Gasteiger partial charge in [0.1, 0.15) is 0 Å². The predicted molar refractivity (Wildman–Crippen MR) is 277 cm³/mol. The molecule has 10 aromatic rings. The highest BCUT2D eigenvalue weighted by Gasteiger charge is 2.27. The zero-order chi connectivity index (χ0) is 44.1. The molecule has 0 saturated carbocycles. The molecule has 2 nitrogen and oxygen atoms in total. The van der Waals surface area contributed by atoms with Crippen LogP contribution in [0.3, 0.4) is 0 Å². The Labute approximate surface area is 379 Å². The molecule has 0 aliphatic carbocycles. The van der Waals surface area contributed by atoms with Crippen LogP contribution < -0.4 is 9.80 Å². The highest BCUT2D eigenvalue weighted by Crippen LogP contribution is 2.52. The summed E-state index contributed by atoms with van der Waals surface area (Å²) >= 11 is 0. The number of benzene rings is 10. The summed E-state index contributed by atoms with van der Waals surface area (Å²) in [6.07, 6.45) is 1.90. The van der Waals surface area contributed by atoms with E-state index in [0.717, 1.165) is 47.0 Å². The second kappa shape index (κ2) is 16.5. The van der Waals surface area contributed by atoms with Gasteiger partial charge in [0.15, 0.2) is 0 Å². The number of rotatable bonds is 10. The molecule has 0 fully saturated rings. The Morgan fingerprint density at radius 2 is 0.828 bits per heavy atom. The van der Waals surface area contributed by atoms with Crippen molar-refractivity contribution in [1.82, 2.24) is 0 Å². The van der Waals surface area contributed by atoms with Gasteiger partial charge >= 0.3 is 0 Å². The Balaban J connectivity index is 1.36. The van der Waals surface area contributed by atoms with E-state index >= 15 is 0 Å². The molecule has 0 spiro atoms. The molecular weight excluding hydrogens is 773 g/mol. The van der Waals surface area contributed by atoms with Gasteiger partial charge in [-0.1, -0.05) is 180 Å². The molecule has 0 amide bonds. The summed E-state index contributed by atoms with van der Waals surface area (Å²) in [6, 6.07) is 70.7. The van der Waals surface area contributed by atoms with Crippen LogP contribution in [0.15, 0.2) is 188 Å². The topological polar surface area (TPSA) is 6.48 Å². The SMILES string of the molecule is CCc1cccc(N(c2cc(-c3ccccc3)ccc2C)c2cc(N(c3cccc(CC)c3)c3cc(-c4ccccc4)ccc3C)c3ccc4cc(C(C)(C)C)cc5ccc2c3c54)c1. The Morgan fingerprint density at radius 3 is 1.25 bits per heavy atom. The molecule has 0 heterocycles. The lowest BCUT2D eigenvalue weighted by atomic mass is 9.83. The van der Waals surface area contributed by atoms with Gasteiger partial charge in [0.25, 0.3) is 0 Å². The maximum Gasteiger partial charge on any atom is 0.0561 e. The minimum Gasteiger partial charge on any atom is -0.309 e. The van der Waals surface area contributed by atoms with E-state index in [1.54, 1.807) is 0 Å². The van der Waals surface area contributed by atoms with Gasteiger partial charge in [-0.15, -0.1) is 0 Å². The molecule has 0 saturated heterocycles. The minimum atomic E-state index is 0.00551. The summed E-state index contributed by atoms with van der Waals surface area (Å²) in [5, 5.41) is 7.58. The standard InChI is InChI=1S/C62H56N2/c1-8-43-18-16-24-52(34-43)63(56-38-47(28-26-41(56)3)45-20-12-10-13-21-45)58-40-59(55-33-31-50-37-51(62(5,6)7)36-49-30-32-54(58)61(55)60(49)50)64(53-25-17-19-44(9-2)35-53)57-39-48(29-27-42(57)4)46-22-14-11-15-23-46/h10-40H,8-9H2,1-7H3. The van der Waals surface area contributed by atoms with E-state index < -0.39 is 0 Å². The zero-order valence-electron chi connectivity index (χ0n) is 38.2. The highest BCUT2D eigenvalue weighted by atomic mass is 15.2. The summed E-state index contributed by atoms with van der Waals surface area (Å²) < 4.78 is 0. The largest absolute Gasteiger partial charge is 0.309 e. The first-order chi connectivity index (χ1) is 31.1. The van der Waals surface area contributed by atoms with Crippen molar-refractivity contribution in [2.75, 3.05) is 9.80 Å². The first-order valence-electron chi connectivity index (χ1n) is 23.0. The number of aryl methyl sites for hydroxylation is 4. The van der Waals surface area contributed by atoms with Crippen molar-refractivity contribution in [3.8, 4) is 22.3 Å². The Bertz CT molecular complexity index is 3090. The van der Waals surface area contributed by atoms with Crippen molar-refractivity contribution >= 4 is 66.4 Å². The van der Waals surface area contributed by atoms with E-state index in [9.17, 15) is 0 Å². The van der Waals surface area contributed by atoms with Gasteiger partial charge < -0.3 is 9.80 Å². The normalized spacial score (nSPS) is 11.8. The van der Waals surface area contributed by atoms with Crippen LogP contribution in [0.5, 0.6) is 0 Å². The summed E-state index contributed by atoms with van der Waals surface area (Å²) in [7, 11) is 0. The molecule has 0 atom stereocenters. The third kappa shape index (κ3) is 7.37. The second-order valence-corrected chi connectivity index (χ2v) is 18.5. The van der Waals surface area contributed by atoms with Crippen molar-refractivity contribution in [2.24, 2.45) is 0 Å². The summed E-state index contributed by atoms with van der Waals surface area (Å²) in [5.41, 5.74) is 18.1. The van der Waals surface area contributed by atoms with Crippen LogP contribution in [-0.4, -0.2) is 0 Å². The van der Waals surface area contributed by atoms with Crippen LogP contribution >= 0.6 is 0 Å². The maximum atomic E-state index is 2.55. The van der Waals surface area contributed by atoms with Gasteiger partial charge in [-0.2, -0.15) is 0 Å². The lowest BCUT2D eigenvalue weighted by molar-refractivity contribution is 0.591. The van der Waals surface area contributed by atoms with Gasteiger partial charge in [-0.25, -0.2) is 0 Å². The molecule has 10 aromatic carbocycles. The summed E-state index contributed by atoms with van der Waals surface area (Å²) in [5.74, 6) is 0. The number of nitrogens with zero attached hydrogens (tertiary/aromatic N) is 2. The van der Waals surface area contributed by atoms with Gasteiger partial charge in [-0.3, -0.25) is 0 Å². The first kappa shape index (κ1) is 40.9. The minimum absolute atomic E-state index is 0.00551. The molecule has 314 valence electrons. The van der Waals surface area contributed by atoms with Crippen LogP contribution in [0, 0.1) is 13.8 Å². The Hall–Kier alpha value is -7.16. The number of hydrogen-bond acceptors (Lipinski definition) is 2. The van der Waals surface area contributed by atoms with Gasteiger partial charge in [0, 0.05) is 38.9 Å². The molecule has 0 aliphatic rings. The monoisotopic (exact) mass is 828 g/mol. The summed E-state index contributed by atoms with van der Waals surface area (Å²) in [4.78, 5) is 5.09. The maximum absolute atomic E-state index is 2.55. The average molecular weight is 829 g/mol. The second-order valence-electron chi connectivity index (χ2n) is 18.5. The molecule has 10 rings (SSSR count). The quantitative estimate of drug-likeness (QED) is 0.127.